The van der Waals surface area contributed by atoms with Gasteiger partial charge in [-0.3, -0.25) is 0 Å². The number of hydrogen-bond acceptors (Lipinski definition) is 5. The Morgan fingerprint density at radius 1 is 1.14 bits per heavy atom. The van der Waals surface area contributed by atoms with Crippen molar-refractivity contribution in [3.8, 4) is 0 Å². The van der Waals surface area contributed by atoms with Crippen LogP contribution in [-0.4, -0.2) is 29.1 Å². The fourth-order valence-electron chi connectivity index (χ4n) is 3.06. The highest BCUT2D eigenvalue weighted by Gasteiger charge is 2.11. The molecule has 0 unspecified atom stereocenters. The first-order valence-electron chi connectivity index (χ1n) is 8.01. The normalized spacial score (nSPS) is 17.0. The van der Waals surface area contributed by atoms with Crippen molar-refractivity contribution in [2.24, 2.45) is 0 Å². The molecule has 2 aromatic rings. The third kappa shape index (κ3) is 3.92. The van der Waals surface area contributed by atoms with Gasteiger partial charge in [-0.25, -0.2) is 9.97 Å². The molecule has 2 aromatic heterocycles. The van der Waals surface area contributed by atoms with Crippen molar-refractivity contribution in [3.63, 3.8) is 0 Å². The van der Waals surface area contributed by atoms with Crippen molar-refractivity contribution in [1.29, 1.82) is 0 Å². The van der Waals surface area contributed by atoms with Crippen molar-refractivity contribution in [3.05, 3.63) is 17.3 Å². The van der Waals surface area contributed by atoms with Gasteiger partial charge in [-0.05, 0) is 25.8 Å². The number of rotatable bonds is 5. The molecule has 0 atom stereocenters. The summed E-state index contributed by atoms with van der Waals surface area (Å²) in [7, 11) is 0. The molecule has 1 saturated carbocycles. The highest BCUT2D eigenvalue weighted by atomic mass is 32.1. The van der Waals surface area contributed by atoms with Gasteiger partial charge in [0, 0.05) is 24.0 Å². The lowest BCUT2D eigenvalue weighted by Gasteiger charge is -2.16. The van der Waals surface area contributed by atoms with E-state index in [1.807, 2.05) is 0 Å². The predicted octanol–water partition coefficient (Wildman–Crippen LogP) is 3.72. The van der Waals surface area contributed by atoms with E-state index in [1.54, 1.807) is 17.7 Å². The first-order valence-corrected chi connectivity index (χ1v) is 8.83. The number of hydrogen-bond donors (Lipinski definition) is 2. The van der Waals surface area contributed by atoms with Gasteiger partial charge in [0.1, 0.15) is 17.0 Å². The van der Waals surface area contributed by atoms with E-state index in [9.17, 15) is 0 Å². The third-order valence-corrected chi connectivity index (χ3v) is 5.12. The molecule has 0 radical (unpaired) electrons. The molecule has 4 nitrogen and oxygen atoms in total. The fourth-order valence-corrected chi connectivity index (χ4v) is 3.90. The smallest absolute Gasteiger partial charge is 0.138 e. The van der Waals surface area contributed by atoms with Gasteiger partial charge < -0.3 is 10.6 Å². The second-order valence-corrected chi connectivity index (χ2v) is 7.10. The first kappa shape index (κ1) is 14.7. The zero-order valence-electron chi connectivity index (χ0n) is 12.7. The maximum absolute atomic E-state index is 4.38. The van der Waals surface area contributed by atoms with Gasteiger partial charge in [0.05, 0.1) is 5.39 Å². The molecule has 0 bridgehead atoms. The van der Waals surface area contributed by atoms with Crippen LogP contribution in [-0.2, 0) is 0 Å². The van der Waals surface area contributed by atoms with E-state index in [1.165, 1.54) is 43.4 Å². The minimum Gasteiger partial charge on any atom is -0.368 e. The van der Waals surface area contributed by atoms with Gasteiger partial charge >= 0.3 is 0 Å². The first-order chi connectivity index (χ1) is 10.3. The molecule has 114 valence electrons. The number of aromatic nitrogens is 2. The molecule has 1 aliphatic rings. The SMILES string of the molecule is Cc1cc2c(NCCNC3CCCCCC3)ncnc2s1. The zero-order valence-corrected chi connectivity index (χ0v) is 13.5. The summed E-state index contributed by atoms with van der Waals surface area (Å²) in [6.45, 7) is 4.03. The molecule has 0 saturated heterocycles. The zero-order chi connectivity index (χ0) is 14.5. The predicted molar refractivity (Wildman–Crippen MR) is 90.1 cm³/mol. The number of nitrogens with one attached hydrogen (secondary N) is 2. The highest BCUT2D eigenvalue weighted by Crippen LogP contribution is 2.27. The highest BCUT2D eigenvalue weighted by molar-refractivity contribution is 7.18. The summed E-state index contributed by atoms with van der Waals surface area (Å²) in [4.78, 5) is 11.1. The Hall–Kier alpha value is -1.20. The number of anilines is 1. The molecule has 0 aromatic carbocycles. The molecule has 2 heterocycles. The van der Waals surface area contributed by atoms with Crippen LogP contribution in [0.2, 0.25) is 0 Å². The average molecular weight is 304 g/mol. The Kier molecular flexibility index (Phi) is 5.04. The Morgan fingerprint density at radius 2 is 1.95 bits per heavy atom. The molecule has 5 heteroatoms. The standard InChI is InChI=1S/C16H24N4S/c1-12-10-14-15(19-11-20-16(14)21-12)18-9-8-17-13-6-4-2-3-5-7-13/h10-11,13,17H,2-9H2,1H3,(H,18,19,20). The number of thiophene rings is 1. The quantitative estimate of drug-likeness (QED) is 0.653. The minimum atomic E-state index is 0.711. The second kappa shape index (κ2) is 7.18. The van der Waals surface area contributed by atoms with Crippen LogP contribution in [0.3, 0.4) is 0 Å². The molecular weight excluding hydrogens is 280 g/mol. The number of aryl methyl sites for hydroxylation is 1. The minimum absolute atomic E-state index is 0.711. The molecule has 21 heavy (non-hydrogen) atoms. The fraction of sp³-hybridized carbons (Fsp3) is 0.625. The largest absolute Gasteiger partial charge is 0.368 e. The Balaban J connectivity index is 1.50. The summed E-state index contributed by atoms with van der Waals surface area (Å²) in [6.07, 6.45) is 9.90. The van der Waals surface area contributed by atoms with E-state index < -0.39 is 0 Å². The maximum atomic E-state index is 4.38. The summed E-state index contributed by atoms with van der Waals surface area (Å²) in [5.41, 5.74) is 0. The van der Waals surface area contributed by atoms with E-state index in [4.69, 9.17) is 0 Å². The molecule has 0 amide bonds. The molecule has 1 fully saturated rings. The lowest BCUT2D eigenvalue weighted by atomic mass is 10.1. The topological polar surface area (TPSA) is 49.8 Å². The van der Waals surface area contributed by atoms with Gasteiger partial charge in [-0.15, -0.1) is 11.3 Å². The van der Waals surface area contributed by atoms with E-state index >= 15 is 0 Å². The molecule has 2 N–H and O–H groups in total. The summed E-state index contributed by atoms with van der Waals surface area (Å²) in [6, 6.07) is 2.88. The van der Waals surface area contributed by atoms with E-state index in [2.05, 4.69) is 33.6 Å². The Labute approximate surface area is 130 Å². The van der Waals surface area contributed by atoms with Crippen molar-refractivity contribution in [2.75, 3.05) is 18.4 Å². The Bertz CT molecular complexity index is 573. The van der Waals surface area contributed by atoms with E-state index in [-0.39, 0.29) is 0 Å². The molecule has 0 aliphatic heterocycles. The van der Waals surface area contributed by atoms with Crippen LogP contribution < -0.4 is 10.6 Å². The van der Waals surface area contributed by atoms with Crippen LogP contribution in [0.25, 0.3) is 10.2 Å². The van der Waals surface area contributed by atoms with Crippen molar-refractivity contribution < 1.29 is 0 Å². The lowest BCUT2D eigenvalue weighted by molar-refractivity contribution is 0.468. The summed E-state index contributed by atoms with van der Waals surface area (Å²) < 4.78 is 0. The average Bonchev–Trinajstić information content (AvgIpc) is 2.70. The van der Waals surface area contributed by atoms with Crippen molar-refractivity contribution >= 4 is 27.4 Å². The van der Waals surface area contributed by atoms with Crippen LogP contribution in [0.1, 0.15) is 43.4 Å². The van der Waals surface area contributed by atoms with Crippen molar-refractivity contribution in [2.45, 2.75) is 51.5 Å². The molecule has 3 rings (SSSR count). The van der Waals surface area contributed by atoms with Gasteiger partial charge in [-0.2, -0.15) is 0 Å². The van der Waals surface area contributed by atoms with Crippen LogP contribution in [0.15, 0.2) is 12.4 Å². The number of fused-ring (bicyclic) bond motifs is 1. The van der Waals surface area contributed by atoms with Crippen molar-refractivity contribution in [1.82, 2.24) is 15.3 Å². The summed E-state index contributed by atoms with van der Waals surface area (Å²) >= 11 is 1.72. The lowest BCUT2D eigenvalue weighted by Crippen LogP contribution is -2.32. The maximum Gasteiger partial charge on any atom is 0.138 e. The van der Waals surface area contributed by atoms with Gasteiger partial charge in [0.25, 0.3) is 0 Å². The second-order valence-electron chi connectivity index (χ2n) is 5.87. The molecular formula is C16H24N4S. The summed E-state index contributed by atoms with van der Waals surface area (Å²) in [5, 5.41) is 8.28. The Morgan fingerprint density at radius 3 is 2.76 bits per heavy atom. The van der Waals surface area contributed by atoms with E-state index in [0.29, 0.717) is 6.04 Å². The van der Waals surface area contributed by atoms with E-state index in [0.717, 1.165) is 29.1 Å². The third-order valence-electron chi connectivity index (χ3n) is 4.16. The van der Waals surface area contributed by atoms with Crippen LogP contribution in [0.5, 0.6) is 0 Å². The molecule has 1 aliphatic carbocycles. The monoisotopic (exact) mass is 304 g/mol. The van der Waals surface area contributed by atoms with Gasteiger partial charge in [-0.1, -0.05) is 25.7 Å². The van der Waals surface area contributed by atoms with Gasteiger partial charge in [0.2, 0.25) is 0 Å². The van der Waals surface area contributed by atoms with Crippen LogP contribution >= 0.6 is 11.3 Å². The van der Waals surface area contributed by atoms with Crippen LogP contribution in [0.4, 0.5) is 5.82 Å². The number of nitrogens with zero attached hydrogens (tertiary/aromatic N) is 2. The molecule has 0 spiro atoms. The van der Waals surface area contributed by atoms with Crippen LogP contribution in [0, 0.1) is 6.92 Å². The summed E-state index contributed by atoms with van der Waals surface area (Å²) in [5.74, 6) is 0.965. The van der Waals surface area contributed by atoms with Gasteiger partial charge in [0.15, 0.2) is 0 Å².